The lowest BCUT2D eigenvalue weighted by Gasteiger charge is -1.95. The summed E-state index contributed by atoms with van der Waals surface area (Å²) in [4.78, 5) is 3.95. The topological polar surface area (TPSA) is 15.9 Å². The van der Waals surface area contributed by atoms with E-state index in [1.54, 1.807) is 16.7 Å². The molecule has 1 aromatic rings. The molecule has 1 aromatic heterocycles. The standard InChI is InChI=1S/C7H6Cl2N2/c8-7-2-1-5(3-10-7)6-4-11(6)9/h1-3,6H,4H2. The van der Waals surface area contributed by atoms with Crippen molar-refractivity contribution in [3.8, 4) is 0 Å². The maximum absolute atomic E-state index is 5.70. The Morgan fingerprint density at radius 3 is 2.73 bits per heavy atom. The Morgan fingerprint density at radius 1 is 1.55 bits per heavy atom. The number of aromatic nitrogens is 1. The van der Waals surface area contributed by atoms with Crippen LogP contribution >= 0.6 is 23.4 Å². The van der Waals surface area contributed by atoms with Crippen molar-refractivity contribution in [2.45, 2.75) is 6.04 Å². The molecule has 0 amide bonds. The molecule has 58 valence electrons. The minimum atomic E-state index is 0.349. The van der Waals surface area contributed by atoms with Gasteiger partial charge in [0, 0.05) is 12.7 Å². The van der Waals surface area contributed by atoms with Crippen molar-refractivity contribution >= 4 is 23.4 Å². The van der Waals surface area contributed by atoms with Gasteiger partial charge >= 0.3 is 0 Å². The third kappa shape index (κ3) is 1.48. The van der Waals surface area contributed by atoms with Crippen LogP contribution in [0.1, 0.15) is 11.6 Å². The molecule has 0 radical (unpaired) electrons. The van der Waals surface area contributed by atoms with Crippen LogP contribution in [0.4, 0.5) is 0 Å². The van der Waals surface area contributed by atoms with Gasteiger partial charge in [-0.25, -0.2) is 9.40 Å². The predicted octanol–water partition coefficient (Wildman–Crippen LogP) is 2.25. The Labute approximate surface area is 74.9 Å². The van der Waals surface area contributed by atoms with Gasteiger partial charge in [-0.15, -0.1) is 0 Å². The van der Waals surface area contributed by atoms with Crippen LogP contribution < -0.4 is 0 Å². The molecule has 0 saturated carbocycles. The quantitative estimate of drug-likeness (QED) is 0.382. The molecule has 4 heteroatoms. The van der Waals surface area contributed by atoms with E-state index in [1.165, 1.54) is 0 Å². The number of nitrogens with zero attached hydrogens (tertiary/aromatic N) is 2. The van der Waals surface area contributed by atoms with Crippen LogP contribution in [0.2, 0.25) is 5.15 Å². The predicted molar refractivity (Wildman–Crippen MR) is 44.5 cm³/mol. The van der Waals surface area contributed by atoms with E-state index in [2.05, 4.69) is 4.98 Å². The monoisotopic (exact) mass is 188 g/mol. The first-order chi connectivity index (χ1) is 5.27. The zero-order valence-electron chi connectivity index (χ0n) is 5.67. The lowest BCUT2D eigenvalue weighted by Crippen LogP contribution is -1.84. The average Bonchev–Trinajstić information content (AvgIpc) is 2.69. The van der Waals surface area contributed by atoms with Crippen LogP contribution in [-0.4, -0.2) is 15.9 Å². The summed E-state index contributed by atoms with van der Waals surface area (Å²) in [5.41, 5.74) is 1.13. The van der Waals surface area contributed by atoms with Crippen LogP contribution in [0.5, 0.6) is 0 Å². The molecule has 0 aromatic carbocycles. The molecule has 2 atom stereocenters. The first-order valence-corrected chi connectivity index (χ1v) is 4.03. The molecule has 0 bridgehead atoms. The fraction of sp³-hybridized carbons (Fsp3) is 0.286. The van der Waals surface area contributed by atoms with Crippen molar-refractivity contribution in [1.82, 2.24) is 9.40 Å². The fourth-order valence-electron chi connectivity index (χ4n) is 0.970. The van der Waals surface area contributed by atoms with E-state index >= 15 is 0 Å². The molecule has 2 nitrogen and oxygen atoms in total. The zero-order chi connectivity index (χ0) is 7.84. The minimum Gasteiger partial charge on any atom is -0.244 e. The third-order valence-corrected chi connectivity index (χ3v) is 2.28. The van der Waals surface area contributed by atoms with Gasteiger partial charge < -0.3 is 0 Å². The second kappa shape index (κ2) is 2.63. The van der Waals surface area contributed by atoms with E-state index in [0.717, 1.165) is 12.1 Å². The summed E-state index contributed by atoms with van der Waals surface area (Å²) in [5, 5.41) is 0.524. The third-order valence-electron chi connectivity index (χ3n) is 1.69. The molecular formula is C7H6Cl2N2. The summed E-state index contributed by atoms with van der Waals surface area (Å²) < 4.78 is 1.73. The molecular weight excluding hydrogens is 183 g/mol. The van der Waals surface area contributed by atoms with Gasteiger partial charge in [0.15, 0.2) is 0 Å². The van der Waals surface area contributed by atoms with Gasteiger partial charge in [0.05, 0.1) is 6.04 Å². The van der Waals surface area contributed by atoms with Crippen LogP contribution in [0.25, 0.3) is 0 Å². The van der Waals surface area contributed by atoms with Gasteiger partial charge in [-0.1, -0.05) is 17.7 Å². The van der Waals surface area contributed by atoms with Gasteiger partial charge in [0.25, 0.3) is 0 Å². The van der Waals surface area contributed by atoms with Gasteiger partial charge in [-0.05, 0) is 23.4 Å². The Hall–Kier alpha value is -0.310. The summed E-state index contributed by atoms with van der Waals surface area (Å²) >= 11 is 11.3. The van der Waals surface area contributed by atoms with Crippen molar-refractivity contribution in [3.05, 3.63) is 29.0 Å². The number of hydrogen-bond donors (Lipinski definition) is 0. The highest BCUT2D eigenvalue weighted by atomic mass is 35.5. The molecule has 1 fully saturated rings. The Bertz CT molecular complexity index is 260. The first kappa shape index (κ1) is 7.35. The highest BCUT2D eigenvalue weighted by Gasteiger charge is 2.33. The maximum atomic E-state index is 5.70. The number of hydrogen-bond acceptors (Lipinski definition) is 2. The van der Waals surface area contributed by atoms with E-state index in [1.807, 2.05) is 6.07 Å². The van der Waals surface area contributed by atoms with E-state index in [-0.39, 0.29) is 0 Å². The lowest BCUT2D eigenvalue weighted by molar-refractivity contribution is 0.816. The van der Waals surface area contributed by atoms with Crippen molar-refractivity contribution in [1.29, 1.82) is 0 Å². The molecule has 0 N–H and O–H groups in total. The normalized spacial score (nSPS) is 28.5. The highest BCUT2D eigenvalue weighted by molar-refractivity contribution is 6.29. The molecule has 2 unspecified atom stereocenters. The van der Waals surface area contributed by atoms with E-state index in [9.17, 15) is 0 Å². The van der Waals surface area contributed by atoms with Gasteiger partial charge in [-0.3, -0.25) is 0 Å². The van der Waals surface area contributed by atoms with Crippen LogP contribution in [0, 0.1) is 0 Å². The molecule has 0 spiro atoms. The molecule has 2 rings (SSSR count). The SMILES string of the molecule is Clc1ccc(C2CN2Cl)cn1. The summed E-state index contributed by atoms with van der Waals surface area (Å²) in [6.45, 7) is 0.908. The number of halogens is 2. The summed E-state index contributed by atoms with van der Waals surface area (Å²) in [5.74, 6) is 0. The number of pyridine rings is 1. The smallest absolute Gasteiger partial charge is 0.129 e. The van der Waals surface area contributed by atoms with E-state index in [0.29, 0.717) is 11.2 Å². The lowest BCUT2D eigenvalue weighted by atomic mass is 10.2. The van der Waals surface area contributed by atoms with Gasteiger partial charge in [0.1, 0.15) is 5.15 Å². The minimum absolute atomic E-state index is 0.349. The number of rotatable bonds is 1. The largest absolute Gasteiger partial charge is 0.244 e. The van der Waals surface area contributed by atoms with Crippen molar-refractivity contribution in [2.24, 2.45) is 0 Å². The molecule has 1 aliphatic rings. The molecule has 0 aliphatic carbocycles. The summed E-state index contributed by atoms with van der Waals surface area (Å²) in [6, 6.07) is 4.07. The van der Waals surface area contributed by atoms with E-state index < -0.39 is 0 Å². The molecule has 1 saturated heterocycles. The van der Waals surface area contributed by atoms with Gasteiger partial charge in [0.2, 0.25) is 0 Å². The van der Waals surface area contributed by atoms with Gasteiger partial charge in [-0.2, -0.15) is 0 Å². The van der Waals surface area contributed by atoms with Crippen LogP contribution in [-0.2, 0) is 0 Å². The summed E-state index contributed by atoms with van der Waals surface area (Å²) in [6.07, 6.45) is 1.76. The van der Waals surface area contributed by atoms with E-state index in [4.69, 9.17) is 23.4 Å². The maximum Gasteiger partial charge on any atom is 0.129 e. The first-order valence-electron chi connectivity index (χ1n) is 3.31. The second-order valence-electron chi connectivity index (χ2n) is 2.51. The second-order valence-corrected chi connectivity index (χ2v) is 3.33. The molecule has 11 heavy (non-hydrogen) atoms. The summed E-state index contributed by atoms with van der Waals surface area (Å²) in [7, 11) is 0. The Morgan fingerprint density at radius 2 is 2.27 bits per heavy atom. The van der Waals surface area contributed by atoms with Crippen LogP contribution in [0.3, 0.4) is 0 Å². The highest BCUT2D eigenvalue weighted by Crippen LogP contribution is 2.36. The zero-order valence-corrected chi connectivity index (χ0v) is 7.18. The Kier molecular flexibility index (Phi) is 1.75. The van der Waals surface area contributed by atoms with Crippen molar-refractivity contribution in [3.63, 3.8) is 0 Å². The molecule has 1 aliphatic heterocycles. The van der Waals surface area contributed by atoms with Crippen molar-refractivity contribution < 1.29 is 0 Å². The van der Waals surface area contributed by atoms with Crippen molar-refractivity contribution in [2.75, 3.05) is 6.54 Å². The van der Waals surface area contributed by atoms with Crippen LogP contribution in [0.15, 0.2) is 18.3 Å². The Balaban J connectivity index is 2.21. The average molecular weight is 189 g/mol. The molecule has 2 heterocycles. The fourth-order valence-corrected chi connectivity index (χ4v) is 1.32.